The molecule has 0 atom stereocenters. The molecule has 1 saturated carbocycles. The topological polar surface area (TPSA) is 48.9 Å². The summed E-state index contributed by atoms with van der Waals surface area (Å²) in [4.78, 5) is 7.23. The SMILES string of the molecule is CCNC(=NCC(C)(C)N1CCOCC1)NC1CC1.I. The van der Waals surface area contributed by atoms with E-state index in [-0.39, 0.29) is 29.5 Å². The van der Waals surface area contributed by atoms with Crippen molar-refractivity contribution >= 4 is 29.9 Å². The van der Waals surface area contributed by atoms with E-state index < -0.39 is 0 Å². The molecule has 1 aliphatic carbocycles. The maximum atomic E-state index is 5.42. The van der Waals surface area contributed by atoms with Crippen molar-refractivity contribution in [3.63, 3.8) is 0 Å². The van der Waals surface area contributed by atoms with Gasteiger partial charge in [-0.1, -0.05) is 0 Å². The molecule has 1 heterocycles. The van der Waals surface area contributed by atoms with Crippen LogP contribution in [0.4, 0.5) is 0 Å². The van der Waals surface area contributed by atoms with Gasteiger partial charge in [0.2, 0.25) is 0 Å². The van der Waals surface area contributed by atoms with Gasteiger partial charge in [0, 0.05) is 31.2 Å². The first-order valence-corrected chi connectivity index (χ1v) is 7.49. The molecule has 0 radical (unpaired) electrons. The first-order valence-electron chi connectivity index (χ1n) is 7.49. The second-order valence-electron chi connectivity index (χ2n) is 6.03. The van der Waals surface area contributed by atoms with Gasteiger partial charge < -0.3 is 15.4 Å². The van der Waals surface area contributed by atoms with Crippen LogP contribution in [0.15, 0.2) is 4.99 Å². The zero-order chi connectivity index (χ0) is 13.7. The number of nitrogens with zero attached hydrogens (tertiary/aromatic N) is 2. The molecule has 0 bridgehead atoms. The third-order valence-corrected chi connectivity index (χ3v) is 3.75. The van der Waals surface area contributed by atoms with Crippen LogP contribution in [0, 0.1) is 0 Å². The minimum atomic E-state index is 0. The molecule has 118 valence electrons. The Hall–Kier alpha value is -0.0800. The van der Waals surface area contributed by atoms with Crippen molar-refractivity contribution in [2.24, 2.45) is 4.99 Å². The molecule has 0 aromatic rings. The van der Waals surface area contributed by atoms with Crippen LogP contribution < -0.4 is 10.6 Å². The molecule has 2 aliphatic rings. The van der Waals surface area contributed by atoms with Crippen molar-refractivity contribution in [1.82, 2.24) is 15.5 Å². The Labute approximate surface area is 139 Å². The van der Waals surface area contributed by atoms with E-state index in [0.717, 1.165) is 45.4 Å². The van der Waals surface area contributed by atoms with Gasteiger partial charge in [-0.05, 0) is 33.6 Å². The number of ether oxygens (including phenoxy) is 1. The third kappa shape index (κ3) is 5.73. The molecule has 2 fully saturated rings. The van der Waals surface area contributed by atoms with E-state index in [4.69, 9.17) is 9.73 Å². The quantitative estimate of drug-likeness (QED) is 0.420. The largest absolute Gasteiger partial charge is 0.379 e. The summed E-state index contributed by atoms with van der Waals surface area (Å²) >= 11 is 0. The van der Waals surface area contributed by atoms with E-state index in [1.165, 1.54) is 12.8 Å². The van der Waals surface area contributed by atoms with E-state index in [1.54, 1.807) is 0 Å². The summed E-state index contributed by atoms with van der Waals surface area (Å²) in [5, 5.41) is 6.79. The number of hydrogen-bond acceptors (Lipinski definition) is 3. The number of nitrogens with one attached hydrogen (secondary N) is 2. The Balaban J connectivity index is 0.00000200. The second-order valence-corrected chi connectivity index (χ2v) is 6.03. The highest BCUT2D eigenvalue weighted by atomic mass is 127. The highest BCUT2D eigenvalue weighted by molar-refractivity contribution is 14.0. The van der Waals surface area contributed by atoms with Gasteiger partial charge in [-0.3, -0.25) is 9.89 Å². The molecule has 6 heteroatoms. The van der Waals surface area contributed by atoms with Gasteiger partial charge >= 0.3 is 0 Å². The summed E-state index contributed by atoms with van der Waals surface area (Å²) < 4.78 is 5.42. The predicted octanol–water partition coefficient (Wildman–Crippen LogP) is 1.43. The molecule has 20 heavy (non-hydrogen) atoms. The maximum absolute atomic E-state index is 5.42. The molecular formula is C14H29IN4O. The van der Waals surface area contributed by atoms with Gasteiger partial charge in [0.05, 0.1) is 19.8 Å². The first-order chi connectivity index (χ1) is 9.12. The van der Waals surface area contributed by atoms with Crippen LogP contribution in [0.1, 0.15) is 33.6 Å². The molecule has 2 N–H and O–H groups in total. The summed E-state index contributed by atoms with van der Waals surface area (Å²) in [6, 6.07) is 0.643. The average molecular weight is 396 g/mol. The minimum Gasteiger partial charge on any atom is -0.379 e. The number of rotatable bonds is 5. The summed E-state index contributed by atoms with van der Waals surface area (Å²) in [5.74, 6) is 0.964. The lowest BCUT2D eigenvalue weighted by Crippen LogP contribution is -2.52. The van der Waals surface area contributed by atoms with Crippen molar-refractivity contribution in [2.75, 3.05) is 39.4 Å². The van der Waals surface area contributed by atoms with Crippen molar-refractivity contribution in [3.8, 4) is 0 Å². The number of halogens is 1. The van der Waals surface area contributed by atoms with Gasteiger partial charge in [0.25, 0.3) is 0 Å². The van der Waals surface area contributed by atoms with E-state index in [9.17, 15) is 0 Å². The number of morpholine rings is 1. The van der Waals surface area contributed by atoms with Crippen molar-refractivity contribution in [1.29, 1.82) is 0 Å². The Kier molecular flexibility index (Phi) is 7.53. The molecule has 1 saturated heterocycles. The Morgan fingerprint density at radius 2 is 1.95 bits per heavy atom. The van der Waals surface area contributed by atoms with Crippen LogP contribution in [-0.4, -0.2) is 61.8 Å². The summed E-state index contributed by atoms with van der Waals surface area (Å²) in [6.45, 7) is 12.1. The van der Waals surface area contributed by atoms with Gasteiger partial charge in [-0.2, -0.15) is 0 Å². The number of hydrogen-bond donors (Lipinski definition) is 2. The van der Waals surface area contributed by atoms with Crippen LogP contribution in [-0.2, 0) is 4.74 Å². The normalized spacial score (nSPS) is 21.2. The van der Waals surface area contributed by atoms with Crippen molar-refractivity contribution in [3.05, 3.63) is 0 Å². The first kappa shape index (κ1) is 18.0. The fourth-order valence-corrected chi connectivity index (χ4v) is 2.28. The van der Waals surface area contributed by atoms with E-state index in [1.807, 2.05) is 0 Å². The third-order valence-electron chi connectivity index (χ3n) is 3.75. The summed E-state index contributed by atoms with van der Waals surface area (Å²) in [5.41, 5.74) is 0.0929. The smallest absolute Gasteiger partial charge is 0.191 e. The van der Waals surface area contributed by atoms with Gasteiger partial charge in [-0.15, -0.1) is 24.0 Å². The summed E-state index contributed by atoms with van der Waals surface area (Å²) in [6.07, 6.45) is 2.55. The Morgan fingerprint density at radius 3 is 2.50 bits per heavy atom. The second kappa shape index (κ2) is 8.38. The molecule has 5 nitrogen and oxygen atoms in total. The van der Waals surface area contributed by atoms with Crippen molar-refractivity contribution in [2.45, 2.75) is 45.2 Å². The molecule has 0 spiro atoms. The van der Waals surface area contributed by atoms with Crippen LogP contribution in [0.2, 0.25) is 0 Å². The number of aliphatic imine (C=N–C) groups is 1. The fourth-order valence-electron chi connectivity index (χ4n) is 2.28. The zero-order valence-electron chi connectivity index (χ0n) is 12.9. The molecule has 0 aromatic carbocycles. The lowest BCUT2D eigenvalue weighted by Gasteiger charge is -2.39. The van der Waals surface area contributed by atoms with Crippen LogP contribution >= 0.6 is 24.0 Å². The molecule has 0 aromatic heterocycles. The molecule has 0 amide bonds. The fraction of sp³-hybridized carbons (Fsp3) is 0.929. The molecule has 0 unspecified atom stereocenters. The number of guanidine groups is 1. The maximum Gasteiger partial charge on any atom is 0.191 e. The minimum absolute atomic E-state index is 0. The molecule has 1 aliphatic heterocycles. The Morgan fingerprint density at radius 1 is 1.30 bits per heavy atom. The van der Waals surface area contributed by atoms with Crippen LogP contribution in [0.3, 0.4) is 0 Å². The highest BCUT2D eigenvalue weighted by Gasteiger charge is 2.28. The lowest BCUT2D eigenvalue weighted by atomic mass is 10.0. The van der Waals surface area contributed by atoms with Crippen molar-refractivity contribution < 1.29 is 4.74 Å². The van der Waals surface area contributed by atoms with E-state index in [2.05, 4.69) is 36.3 Å². The Bertz CT molecular complexity index is 312. The lowest BCUT2D eigenvalue weighted by molar-refractivity contribution is -0.00683. The van der Waals surface area contributed by atoms with Gasteiger partial charge in [0.15, 0.2) is 5.96 Å². The zero-order valence-corrected chi connectivity index (χ0v) is 15.3. The van der Waals surface area contributed by atoms with Gasteiger partial charge in [-0.25, -0.2) is 0 Å². The van der Waals surface area contributed by atoms with Crippen LogP contribution in [0.5, 0.6) is 0 Å². The monoisotopic (exact) mass is 396 g/mol. The van der Waals surface area contributed by atoms with Crippen LogP contribution in [0.25, 0.3) is 0 Å². The standard InChI is InChI=1S/C14H28N4O.HI/c1-4-15-13(17-12-5-6-12)16-11-14(2,3)18-7-9-19-10-8-18;/h12H,4-11H2,1-3H3,(H2,15,16,17);1H. The predicted molar refractivity (Wildman–Crippen MR) is 94.0 cm³/mol. The van der Waals surface area contributed by atoms with E-state index in [0.29, 0.717) is 6.04 Å². The molecular weight excluding hydrogens is 367 g/mol. The summed E-state index contributed by atoms with van der Waals surface area (Å²) in [7, 11) is 0. The average Bonchev–Trinajstić information content (AvgIpc) is 3.21. The highest BCUT2D eigenvalue weighted by Crippen LogP contribution is 2.19. The van der Waals surface area contributed by atoms with Gasteiger partial charge in [0.1, 0.15) is 0 Å². The molecule has 2 rings (SSSR count). The van der Waals surface area contributed by atoms with E-state index >= 15 is 0 Å².